The number of nitrogens with one attached hydrogen (secondary N) is 1. The Morgan fingerprint density at radius 3 is 2.29 bits per heavy atom. The van der Waals surface area contributed by atoms with E-state index in [2.05, 4.69) is 5.32 Å². The van der Waals surface area contributed by atoms with Crippen molar-refractivity contribution < 1.29 is 33.4 Å². The number of halogens is 1. The van der Waals surface area contributed by atoms with Crippen LogP contribution in [0.25, 0.3) is 6.08 Å². The second-order valence-corrected chi connectivity index (χ2v) is 10.1. The number of rotatable bonds is 12. The molecule has 1 aliphatic heterocycles. The first-order chi connectivity index (χ1) is 19.8. The van der Waals surface area contributed by atoms with Gasteiger partial charge in [-0.05, 0) is 72.3 Å². The van der Waals surface area contributed by atoms with E-state index in [0.29, 0.717) is 30.9 Å². The van der Waals surface area contributed by atoms with Crippen LogP contribution in [0, 0.1) is 0 Å². The van der Waals surface area contributed by atoms with E-state index in [1.165, 1.54) is 18.2 Å². The summed E-state index contributed by atoms with van der Waals surface area (Å²) in [6, 6.07) is 20.8. The minimum atomic E-state index is -0.610. The number of carbonyl (C=O) groups is 4. The summed E-state index contributed by atoms with van der Waals surface area (Å²) >= 11 is 6.84. The van der Waals surface area contributed by atoms with Gasteiger partial charge in [0.15, 0.2) is 0 Å². The van der Waals surface area contributed by atoms with E-state index in [1.807, 2.05) is 37.3 Å². The second kappa shape index (κ2) is 14.4. The SMILES string of the molecule is CCCOC(=O)c1cc(NC(=O)CN2C(=O)S/C(=C/c3ccc(OCCOc4ccccc4)cc3)C2=O)ccc1Cl. The summed E-state index contributed by atoms with van der Waals surface area (Å²) in [5.74, 6) is -0.398. The Morgan fingerprint density at radius 1 is 0.927 bits per heavy atom. The summed E-state index contributed by atoms with van der Waals surface area (Å²) in [7, 11) is 0. The molecule has 1 heterocycles. The van der Waals surface area contributed by atoms with Crippen molar-refractivity contribution in [3.05, 3.63) is 93.9 Å². The lowest BCUT2D eigenvalue weighted by Gasteiger charge is -2.13. The van der Waals surface area contributed by atoms with Crippen molar-refractivity contribution in [2.45, 2.75) is 13.3 Å². The quantitative estimate of drug-likeness (QED) is 0.153. The highest BCUT2D eigenvalue weighted by atomic mass is 35.5. The fourth-order valence-electron chi connectivity index (χ4n) is 3.66. The molecule has 0 spiro atoms. The van der Waals surface area contributed by atoms with Gasteiger partial charge in [0.25, 0.3) is 11.1 Å². The maximum absolute atomic E-state index is 12.9. The van der Waals surface area contributed by atoms with Crippen molar-refractivity contribution in [1.29, 1.82) is 0 Å². The Morgan fingerprint density at radius 2 is 1.61 bits per heavy atom. The largest absolute Gasteiger partial charge is 0.490 e. The third kappa shape index (κ3) is 8.36. The first-order valence-corrected chi connectivity index (χ1v) is 14.0. The van der Waals surface area contributed by atoms with Crippen LogP contribution in [0.1, 0.15) is 29.3 Å². The van der Waals surface area contributed by atoms with Crippen molar-refractivity contribution in [1.82, 2.24) is 4.90 Å². The molecule has 0 unspecified atom stereocenters. The van der Waals surface area contributed by atoms with Crippen molar-refractivity contribution in [2.24, 2.45) is 0 Å². The minimum absolute atomic E-state index is 0.101. The van der Waals surface area contributed by atoms with Crippen molar-refractivity contribution in [2.75, 3.05) is 31.7 Å². The molecule has 1 N–H and O–H groups in total. The van der Waals surface area contributed by atoms with Crippen LogP contribution in [0.15, 0.2) is 77.7 Å². The molecule has 0 bridgehead atoms. The first-order valence-electron chi connectivity index (χ1n) is 12.8. The summed E-state index contributed by atoms with van der Waals surface area (Å²) < 4.78 is 16.4. The normalized spacial score (nSPS) is 13.8. The molecule has 3 amide bonds. The molecule has 3 aromatic carbocycles. The zero-order valence-corrected chi connectivity index (χ0v) is 23.7. The van der Waals surface area contributed by atoms with Gasteiger partial charge in [-0.2, -0.15) is 0 Å². The Hall–Kier alpha value is -4.28. The molecule has 1 aliphatic rings. The summed E-state index contributed by atoms with van der Waals surface area (Å²) in [4.78, 5) is 51.3. The average Bonchev–Trinajstić information content (AvgIpc) is 3.23. The molecule has 1 fully saturated rings. The van der Waals surface area contributed by atoms with Gasteiger partial charge >= 0.3 is 5.97 Å². The summed E-state index contributed by atoms with van der Waals surface area (Å²) in [6.07, 6.45) is 2.23. The van der Waals surface area contributed by atoms with E-state index < -0.39 is 29.6 Å². The third-order valence-corrected chi connectivity index (χ3v) is 6.86. The zero-order chi connectivity index (χ0) is 29.2. The number of thioether (sulfide) groups is 1. The van der Waals surface area contributed by atoms with Crippen molar-refractivity contribution >= 4 is 58.1 Å². The number of amides is 3. The van der Waals surface area contributed by atoms with Gasteiger partial charge in [-0.3, -0.25) is 19.3 Å². The number of ether oxygens (including phenoxy) is 3. The third-order valence-electron chi connectivity index (χ3n) is 5.62. The van der Waals surface area contributed by atoms with Crippen LogP contribution in [0.5, 0.6) is 11.5 Å². The lowest BCUT2D eigenvalue weighted by Crippen LogP contribution is -2.36. The maximum Gasteiger partial charge on any atom is 0.339 e. The Bertz CT molecular complexity index is 1440. The summed E-state index contributed by atoms with van der Waals surface area (Å²) in [6.45, 7) is 2.36. The highest BCUT2D eigenvalue weighted by molar-refractivity contribution is 8.18. The molecule has 4 rings (SSSR count). The lowest BCUT2D eigenvalue weighted by atomic mass is 10.2. The molecule has 9 nitrogen and oxygen atoms in total. The lowest BCUT2D eigenvalue weighted by molar-refractivity contribution is -0.127. The second-order valence-electron chi connectivity index (χ2n) is 8.73. The molecule has 212 valence electrons. The number of carbonyl (C=O) groups excluding carboxylic acids is 4. The van der Waals surface area contributed by atoms with Crippen LogP contribution in [0.4, 0.5) is 10.5 Å². The van der Waals surface area contributed by atoms with Crippen LogP contribution in [0.3, 0.4) is 0 Å². The highest BCUT2D eigenvalue weighted by Crippen LogP contribution is 2.32. The van der Waals surface area contributed by atoms with Gasteiger partial charge < -0.3 is 19.5 Å². The van der Waals surface area contributed by atoms with Gasteiger partial charge in [-0.15, -0.1) is 0 Å². The van der Waals surface area contributed by atoms with Gasteiger partial charge in [0.2, 0.25) is 5.91 Å². The molecule has 0 radical (unpaired) electrons. The minimum Gasteiger partial charge on any atom is -0.490 e. The predicted molar refractivity (Wildman–Crippen MR) is 157 cm³/mol. The van der Waals surface area contributed by atoms with Crippen LogP contribution in [0.2, 0.25) is 5.02 Å². The van der Waals surface area contributed by atoms with E-state index >= 15 is 0 Å². The maximum atomic E-state index is 12.9. The number of para-hydroxylation sites is 1. The zero-order valence-electron chi connectivity index (χ0n) is 22.1. The van der Waals surface area contributed by atoms with Crippen LogP contribution in [-0.2, 0) is 14.3 Å². The van der Waals surface area contributed by atoms with Gasteiger partial charge in [0, 0.05) is 5.69 Å². The topological polar surface area (TPSA) is 111 Å². The Kier molecular flexibility index (Phi) is 10.4. The monoisotopic (exact) mass is 594 g/mol. The Balaban J connectivity index is 1.30. The Labute approximate surface area is 246 Å². The summed E-state index contributed by atoms with van der Waals surface area (Å²) in [5, 5.41) is 2.20. The molecule has 1 saturated heterocycles. The molecular formula is C30H27ClN2O7S. The fraction of sp³-hybridized carbons (Fsp3) is 0.200. The van der Waals surface area contributed by atoms with Gasteiger partial charge in [-0.25, -0.2) is 4.79 Å². The molecule has 0 saturated carbocycles. The number of anilines is 1. The van der Waals surface area contributed by atoms with E-state index in [9.17, 15) is 19.2 Å². The van der Waals surface area contributed by atoms with Gasteiger partial charge in [0.1, 0.15) is 31.3 Å². The highest BCUT2D eigenvalue weighted by Gasteiger charge is 2.36. The standard InChI is InChI=1S/C30H27ClN2O7S/c1-2-14-40-29(36)24-18-21(10-13-25(24)31)32-27(34)19-33-28(35)26(41-30(33)37)17-20-8-11-23(12-9-20)39-16-15-38-22-6-4-3-5-7-22/h3-13,17-18H,2,14-16,19H2,1H3,(H,32,34)/b26-17+. The van der Waals surface area contributed by atoms with Crippen molar-refractivity contribution in [3.8, 4) is 11.5 Å². The van der Waals surface area contributed by atoms with Crippen LogP contribution in [-0.4, -0.2) is 54.3 Å². The molecule has 0 aliphatic carbocycles. The molecule has 11 heteroatoms. The van der Waals surface area contributed by atoms with Crippen LogP contribution < -0.4 is 14.8 Å². The molecule has 0 aromatic heterocycles. The van der Waals surface area contributed by atoms with E-state index in [0.717, 1.165) is 22.4 Å². The fourth-order valence-corrected chi connectivity index (χ4v) is 4.69. The van der Waals surface area contributed by atoms with Gasteiger partial charge in [-0.1, -0.05) is 48.9 Å². The molecule has 3 aromatic rings. The number of esters is 1. The average molecular weight is 595 g/mol. The van der Waals surface area contributed by atoms with E-state index in [1.54, 1.807) is 30.3 Å². The van der Waals surface area contributed by atoms with Crippen molar-refractivity contribution in [3.63, 3.8) is 0 Å². The molecular weight excluding hydrogens is 568 g/mol. The first kappa shape index (κ1) is 29.7. The molecule has 41 heavy (non-hydrogen) atoms. The smallest absolute Gasteiger partial charge is 0.339 e. The van der Waals surface area contributed by atoms with E-state index in [4.69, 9.17) is 25.8 Å². The number of hydrogen-bond donors (Lipinski definition) is 1. The predicted octanol–water partition coefficient (Wildman–Crippen LogP) is 6.04. The number of hydrogen-bond acceptors (Lipinski definition) is 8. The summed E-state index contributed by atoms with van der Waals surface area (Å²) in [5.41, 5.74) is 1.07. The van der Waals surface area contributed by atoms with Gasteiger partial charge in [0.05, 0.1) is 22.1 Å². The van der Waals surface area contributed by atoms with E-state index in [-0.39, 0.29) is 27.8 Å². The van der Waals surface area contributed by atoms with Crippen LogP contribution >= 0.6 is 23.4 Å². The number of nitrogens with zero attached hydrogens (tertiary/aromatic N) is 1. The molecule has 0 atom stereocenters. The number of imide groups is 1. The number of benzene rings is 3.